The molecule has 20 heavy (non-hydrogen) atoms. The summed E-state index contributed by atoms with van der Waals surface area (Å²) >= 11 is 0. The summed E-state index contributed by atoms with van der Waals surface area (Å²) in [7, 11) is 2.20. The third kappa shape index (κ3) is 3.36. The summed E-state index contributed by atoms with van der Waals surface area (Å²) in [6.07, 6.45) is 9.87. The van der Waals surface area contributed by atoms with Crippen molar-refractivity contribution in [2.24, 2.45) is 11.8 Å². The van der Waals surface area contributed by atoms with Gasteiger partial charge in [-0.15, -0.1) is 0 Å². The molecule has 0 aromatic rings. The smallest absolute Gasteiger partial charge is 0.305 e. The Morgan fingerprint density at radius 2 is 1.80 bits per heavy atom. The molecule has 2 saturated carbocycles. The van der Waals surface area contributed by atoms with E-state index in [1.165, 1.54) is 38.5 Å². The van der Waals surface area contributed by atoms with Crippen molar-refractivity contribution in [3.63, 3.8) is 0 Å². The fourth-order valence-electron chi connectivity index (χ4n) is 4.40. The van der Waals surface area contributed by atoms with Gasteiger partial charge in [-0.05, 0) is 51.0 Å². The van der Waals surface area contributed by atoms with E-state index in [0.717, 1.165) is 24.7 Å². The van der Waals surface area contributed by atoms with Crippen LogP contribution in [0.15, 0.2) is 0 Å². The first-order chi connectivity index (χ1) is 9.44. The third-order valence-electron chi connectivity index (χ3n) is 6.13. The molecule has 3 unspecified atom stereocenters. The van der Waals surface area contributed by atoms with Gasteiger partial charge < -0.3 is 5.11 Å². The highest BCUT2D eigenvalue weighted by Crippen LogP contribution is 2.41. The molecule has 2 fully saturated rings. The van der Waals surface area contributed by atoms with Gasteiger partial charge in [0, 0.05) is 11.6 Å². The Kier molecular flexibility index (Phi) is 5.11. The van der Waals surface area contributed by atoms with Gasteiger partial charge >= 0.3 is 5.97 Å². The molecule has 0 aromatic heterocycles. The van der Waals surface area contributed by atoms with E-state index in [1.54, 1.807) is 0 Å². The van der Waals surface area contributed by atoms with E-state index in [9.17, 15) is 9.90 Å². The normalized spacial score (nSPS) is 34.1. The first kappa shape index (κ1) is 15.8. The lowest BCUT2D eigenvalue weighted by atomic mass is 9.73. The molecule has 0 spiro atoms. The molecule has 0 saturated heterocycles. The first-order valence-corrected chi connectivity index (χ1v) is 8.39. The molecule has 2 aliphatic carbocycles. The molecular formula is C17H31NO2. The van der Waals surface area contributed by atoms with E-state index in [-0.39, 0.29) is 5.54 Å². The number of rotatable bonds is 4. The van der Waals surface area contributed by atoms with E-state index in [4.69, 9.17) is 0 Å². The lowest BCUT2D eigenvalue weighted by Crippen LogP contribution is -2.55. The van der Waals surface area contributed by atoms with Crippen LogP contribution in [0.25, 0.3) is 0 Å². The maximum atomic E-state index is 11.3. The second-order valence-corrected chi connectivity index (χ2v) is 7.39. The Balaban J connectivity index is 2.09. The Morgan fingerprint density at radius 1 is 1.15 bits per heavy atom. The van der Waals surface area contributed by atoms with E-state index in [1.807, 2.05) is 0 Å². The second kappa shape index (κ2) is 6.46. The lowest BCUT2D eigenvalue weighted by molar-refractivity contribution is -0.142. The topological polar surface area (TPSA) is 40.5 Å². The minimum atomic E-state index is -0.629. The van der Waals surface area contributed by atoms with Crippen LogP contribution in [-0.2, 0) is 4.79 Å². The van der Waals surface area contributed by atoms with Crippen LogP contribution in [0.1, 0.15) is 71.6 Å². The molecular weight excluding hydrogens is 250 g/mol. The van der Waals surface area contributed by atoms with Crippen LogP contribution in [-0.4, -0.2) is 34.6 Å². The van der Waals surface area contributed by atoms with E-state index >= 15 is 0 Å². The predicted molar refractivity (Wildman–Crippen MR) is 81.8 cm³/mol. The molecule has 3 nitrogen and oxygen atoms in total. The van der Waals surface area contributed by atoms with Gasteiger partial charge in [0.2, 0.25) is 0 Å². The first-order valence-electron chi connectivity index (χ1n) is 8.39. The highest BCUT2D eigenvalue weighted by atomic mass is 16.4. The van der Waals surface area contributed by atoms with Crippen LogP contribution < -0.4 is 0 Å². The summed E-state index contributed by atoms with van der Waals surface area (Å²) in [5.41, 5.74) is -0.0744. The zero-order chi connectivity index (χ0) is 14.8. The van der Waals surface area contributed by atoms with Crippen LogP contribution in [0.2, 0.25) is 0 Å². The summed E-state index contributed by atoms with van der Waals surface area (Å²) in [5, 5.41) is 9.35. The molecule has 1 N–H and O–H groups in total. The van der Waals surface area contributed by atoms with Crippen molar-refractivity contribution in [3.8, 4) is 0 Å². The Hall–Kier alpha value is -0.570. The SMILES string of the molecule is CC1CCC(N(C)C2(CC(=O)O)CCCCC2)CC1C. The Morgan fingerprint density at radius 3 is 2.35 bits per heavy atom. The number of carboxylic acids is 1. The van der Waals surface area contributed by atoms with E-state index in [0.29, 0.717) is 12.5 Å². The standard InChI is InChI=1S/C17H31NO2/c1-13-7-8-15(11-14(13)2)18(3)17(12-16(19)20)9-5-4-6-10-17/h13-15H,4-12H2,1-3H3,(H,19,20). The van der Waals surface area contributed by atoms with Crippen LogP contribution in [0.3, 0.4) is 0 Å². The summed E-state index contributed by atoms with van der Waals surface area (Å²) in [4.78, 5) is 13.8. The van der Waals surface area contributed by atoms with Crippen molar-refractivity contribution in [2.75, 3.05) is 7.05 Å². The average molecular weight is 281 g/mol. The quantitative estimate of drug-likeness (QED) is 0.849. The lowest BCUT2D eigenvalue weighted by Gasteiger charge is -2.50. The van der Waals surface area contributed by atoms with E-state index < -0.39 is 5.97 Å². The molecule has 0 bridgehead atoms. The van der Waals surface area contributed by atoms with Crippen LogP contribution in [0, 0.1) is 11.8 Å². The number of aliphatic carboxylic acids is 1. The summed E-state index contributed by atoms with van der Waals surface area (Å²) in [6, 6.07) is 0.582. The summed E-state index contributed by atoms with van der Waals surface area (Å²) in [5.74, 6) is 0.957. The molecule has 0 aliphatic heterocycles. The fraction of sp³-hybridized carbons (Fsp3) is 0.941. The maximum Gasteiger partial charge on any atom is 0.305 e. The summed E-state index contributed by atoms with van der Waals surface area (Å²) in [6.45, 7) is 4.71. The van der Waals surface area contributed by atoms with Crippen molar-refractivity contribution in [2.45, 2.75) is 83.2 Å². The molecule has 0 aromatic carbocycles. The molecule has 0 amide bonds. The zero-order valence-electron chi connectivity index (χ0n) is 13.4. The van der Waals surface area contributed by atoms with Gasteiger partial charge in [0.05, 0.1) is 6.42 Å². The molecule has 0 radical (unpaired) electrons. The number of carbonyl (C=O) groups is 1. The highest BCUT2D eigenvalue weighted by Gasteiger charge is 2.42. The molecule has 2 rings (SSSR count). The van der Waals surface area contributed by atoms with E-state index in [2.05, 4.69) is 25.8 Å². The van der Waals surface area contributed by atoms with Crippen molar-refractivity contribution in [3.05, 3.63) is 0 Å². The van der Waals surface area contributed by atoms with Crippen LogP contribution in [0.5, 0.6) is 0 Å². The Labute approximate surface area is 123 Å². The zero-order valence-corrected chi connectivity index (χ0v) is 13.4. The van der Waals surface area contributed by atoms with Crippen molar-refractivity contribution < 1.29 is 9.90 Å². The predicted octanol–water partition coefficient (Wildman–Crippen LogP) is 3.92. The minimum absolute atomic E-state index is 0.0744. The van der Waals surface area contributed by atoms with Gasteiger partial charge in [-0.2, -0.15) is 0 Å². The van der Waals surface area contributed by atoms with Crippen LogP contribution >= 0.6 is 0 Å². The van der Waals surface area contributed by atoms with Crippen molar-refractivity contribution in [1.82, 2.24) is 4.90 Å². The highest BCUT2D eigenvalue weighted by molar-refractivity contribution is 5.68. The second-order valence-electron chi connectivity index (χ2n) is 7.39. The molecule has 3 heteroatoms. The monoisotopic (exact) mass is 281 g/mol. The van der Waals surface area contributed by atoms with Gasteiger partial charge in [-0.25, -0.2) is 0 Å². The van der Waals surface area contributed by atoms with Gasteiger partial charge in [0.1, 0.15) is 0 Å². The third-order valence-corrected chi connectivity index (χ3v) is 6.13. The largest absolute Gasteiger partial charge is 0.481 e. The number of carboxylic acid groups (broad SMARTS) is 1. The van der Waals surface area contributed by atoms with Gasteiger partial charge in [-0.1, -0.05) is 33.1 Å². The van der Waals surface area contributed by atoms with Gasteiger partial charge in [0.15, 0.2) is 0 Å². The number of hydrogen-bond acceptors (Lipinski definition) is 2. The minimum Gasteiger partial charge on any atom is -0.481 e. The molecule has 116 valence electrons. The molecule has 3 atom stereocenters. The molecule has 0 heterocycles. The summed E-state index contributed by atoms with van der Waals surface area (Å²) < 4.78 is 0. The Bertz CT molecular complexity index is 336. The average Bonchev–Trinajstić information content (AvgIpc) is 2.41. The molecule has 2 aliphatic rings. The van der Waals surface area contributed by atoms with Gasteiger partial charge in [-0.3, -0.25) is 9.69 Å². The number of nitrogens with zero attached hydrogens (tertiary/aromatic N) is 1. The maximum absolute atomic E-state index is 11.3. The van der Waals surface area contributed by atoms with Gasteiger partial charge in [0.25, 0.3) is 0 Å². The van der Waals surface area contributed by atoms with Crippen LogP contribution in [0.4, 0.5) is 0 Å². The van der Waals surface area contributed by atoms with Crippen molar-refractivity contribution >= 4 is 5.97 Å². The van der Waals surface area contributed by atoms with Crippen molar-refractivity contribution in [1.29, 1.82) is 0 Å². The fourth-order valence-corrected chi connectivity index (χ4v) is 4.40. The number of hydrogen-bond donors (Lipinski definition) is 1.